The van der Waals surface area contributed by atoms with Gasteiger partial charge < -0.3 is 9.15 Å². The van der Waals surface area contributed by atoms with Gasteiger partial charge in [0.15, 0.2) is 5.76 Å². The summed E-state index contributed by atoms with van der Waals surface area (Å²) in [6.45, 7) is 7.17. The Bertz CT molecular complexity index is 594. The number of amides is 1. The molecule has 2 rings (SSSR count). The molecule has 0 unspecified atom stereocenters. The van der Waals surface area contributed by atoms with Gasteiger partial charge in [-0.1, -0.05) is 13.8 Å². The lowest BCUT2D eigenvalue weighted by atomic mass is 10.3. The van der Waals surface area contributed by atoms with Crippen LogP contribution in [0.2, 0.25) is 0 Å². The molecular formula is C15H22N4O5. The van der Waals surface area contributed by atoms with Crippen molar-refractivity contribution in [1.82, 2.24) is 9.91 Å². The van der Waals surface area contributed by atoms with Gasteiger partial charge in [0.1, 0.15) is 11.0 Å². The summed E-state index contributed by atoms with van der Waals surface area (Å²) in [7, 11) is 0. The van der Waals surface area contributed by atoms with E-state index in [0.717, 1.165) is 25.9 Å². The lowest BCUT2D eigenvalue weighted by molar-refractivity contribution is -0.402. The van der Waals surface area contributed by atoms with Gasteiger partial charge in [-0.25, -0.2) is 4.79 Å². The van der Waals surface area contributed by atoms with E-state index >= 15 is 0 Å². The van der Waals surface area contributed by atoms with E-state index in [4.69, 9.17) is 9.15 Å². The van der Waals surface area contributed by atoms with E-state index in [0.29, 0.717) is 13.1 Å². The van der Waals surface area contributed by atoms with Crippen LogP contribution in [-0.2, 0) is 4.74 Å². The largest absolute Gasteiger partial charge is 0.441 e. The number of hydrazone groups is 1. The van der Waals surface area contributed by atoms with Crippen molar-refractivity contribution in [3.8, 4) is 0 Å². The van der Waals surface area contributed by atoms with E-state index < -0.39 is 11.0 Å². The maximum absolute atomic E-state index is 11.8. The fraction of sp³-hybridized carbons (Fsp3) is 0.600. The Morgan fingerprint density at radius 1 is 1.42 bits per heavy atom. The van der Waals surface area contributed by atoms with Crippen LogP contribution in [0, 0.1) is 10.1 Å². The van der Waals surface area contributed by atoms with E-state index in [9.17, 15) is 14.9 Å². The predicted octanol–water partition coefficient (Wildman–Crippen LogP) is 2.46. The zero-order valence-corrected chi connectivity index (χ0v) is 13.9. The number of cyclic esters (lactones) is 1. The lowest BCUT2D eigenvalue weighted by Gasteiger charge is -2.23. The van der Waals surface area contributed by atoms with Gasteiger partial charge in [-0.15, -0.1) is 0 Å². The molecule has 0 spiro atoms. The maximum Gasteiger partial charge on any atom is 0.433 e. The zero-order valence-electron chi connectivity index (χ0n) is 13.9. The first-order valence-corrected chi connectivity index (χ1v) is 8.02. The monoisotopic (exact) mass is 338 g/mol. The van der Waals surface area contributed by atoms with E-state index in [1.54, 1.807) is 0 Å². The number of hydrogen-bond acceptors (Lipinski definition) is 7. The zero-order chi connectivity index (χ0) is 17.5. The second kappa shape index (κ2) is 8.44. The molecule has 0 aromatic carbocycles. The van der Waals surface area contributed by atoms with Crippen molar-refractivity contribution in [3.05, 3.63) is 28.0 Å². The Balaban J connectivity index is 1.91. The number of nitro groups is 1. The van der Waals surface area contributed by atoms with Crippen molar-refractivity contribution >= 4 is 18.2 Å². The first kappa shape index (κ1) is 17.9. The summed E-state index contributed by atoms with van der Waals surface area (Å²) in [6.07, 6.45) is 2.59. The minimum Gasteiger partial charge on any atom is -0.441 e. The predicted molar refractivity (Wildman–Crippen MR) is 87.0 cm³/mol. The van der Waals surface area contributed by atoms with Crippen molar-refractivity contribution < 1.29 is 18.9 Å². The SMILES string of the molecule is CCCN(CCC)C[C@H]1CN(/N=C\c2ccc([N+](=O)[O-])o2)C(=O)O1. The van der Waals surface area contributed by atoms with Gasteiger partial charge >= 0.3 is 12.0 Å². The molecule has 132 valence electrons. The first-order valence-electron chi connectivity index (χ1n) is 8.02. The molecule has 0 radical (unpaired) electrons. The van der Waals surface area contributed by atoms with Crippen LogP contribution in [0.4, 0.5) is 10.7 Å². The molecule has 0 bridgehead atoms. The van der Waals surface area contributed by atoms with Crippen LogP contribution in [0.25, 0.3) is 0 Å². The van der Waals surface area contributed by atoms with Crippen molar-refractivity contribution in [3.63, 3.8) is 0 Å². The van der Waals surface area contributed by atoms with Crippen LogP contribution < -0.4 is 0 Å². The van der Waals surface area contributed by atoms with Crippen molar-refractivity contribution in [2.45, 2.75) is 32.8 Å². The third kappa shape index (κ3) is 4.79. The lowest BCUT2D eigenvalue weighted by Crippen LogP contribution is -2.35. The van der Waals surface area contributed by atoms with Gasteiger partial charge in [-0.05, 0) is 32.0 Å². The van der Waals surface area contributed by atoms with E-state index in [-0.39, 0.29) is 17.7 Å². The molecule has 1 atom stereocenters. The Labute approximate surface area is 140 Å². The maximum atomic E-state index is 11.8. The standard InChI is InChI=1S/C15H22N4O5/c1-3-7-17(8-4-2)10-13-11-18(15(20)24-13)16-9-12-5-6-14(23-12)19(21)22/h5-6,9,13H,3-4,7-8,10-11H2,1-2H3/b16-9-/t13-/m0/s1. The third-order valence-corrected chi connectivity index (χ3v) is 3.51. The molecule has 1 aliphatic rings. The molecule has 9 nitrogen and oxygen atoms in total. The van der Waals surface area contributed by atoms with Crippen LogP contribution in [0.3, 0.4) is 0 Å². The van der Waals surface area contributed by atoms with Gasteiger partial charge in [-0.2, -0.15) is 10.1 Å². The van der Waals surface area contributed by atoms with Gasteiger partial charge in [-0.3, -0.25) is 15.0 Å². The summed E-state index contributed by atoms with van der Waals surface area (Å²) in [5.41, 5.74) is 0. The Hall–Kier alpha value is -2.42. The van der Waals surface area contributed by atoms with Crippen LogP contribution in [-0.4, -0.2) is 59.4 Å². The highest BCUT2D eigenvalue weighted by Gasteiger charge is 2.32. The smallest absolute Gasteiger partial charge is 0.433 e. The van der Waals surface area contributed by atoms with Gasteiger partial charge in [0.25, 0.3) is 0 Å². The summed E-state index contributed by atoms with van der Waals surface area (Å²) in [4.78, 5) is 24.0. The van der Waals surface area contributed by atoms with Crippen LogP contribution in [0.15, 0.2) is 21.7 Å². The number of ether oxygens (including phenoxy) is 1. The van der Waals surface area contributed by atoms with Gasteiger partial charge in [0, 0.05) is 6.54 Å². The van der Waals surface area contributed by atoms with Crippen molar-refractivity contribution in [1.29, 1.82) is 0 Å². The first-order chi connectivity index (χ1) is 11.5. The summed E-state index contributed by atoms with van der Waals surface area (Å²) in [6, 6.07) is 2.66. The number of carbonyl (C=O) groups is 1. The highest BCUT2D eigenvalue weighted by atomic mass is 16.6. The van der Waals surface area contributed by atoms with Crippen molar-refractivity contribution in [2.75, 3.05) is 26.2 Å². The van der Waals surface area contributed by atoms with Crippen LogP contribution in [0.1, 0.15) is 32.4 Å². The number of rotatable bonds is 9. The van der Waals surface area contributed by atoms with Crippen LogP contribution >= 0.6 is 0 Å². The van der Waals surface area contributed by atoms with Gasteiger partial charge in [0.05, 0.1) is 18.8 Å². The molecule has 1 aromatic heterocycles. The second-order valence-electron chi connectivity index (χ2n) is 5.57. The fourth-order valence-corrected chi connectivity index (χ4v) is 2.55. The molecule has 1 aromatic rings. The molecule has 9 heteroatoms. The molecule has 1 fully saturated rings. The molecule has 0 aliphatic carbocycles. The molecule has 2 heterocycles. The van der Waals surface area contributed by atoms with E-state index in [1.165, 1.54) is 23.4 Å². The summed E-state index contributed by atoms with van der Waals surface area (Å²) >= 11 is 0. The Morgan fingerprint density at radius 2 is 2.12 bits per heavy atom. The minimum atomic E-state index is -0.631. The third-order valence-electron chi connectivity index (χ3n) is 3.51. The summed E-state index contributed by atoms with van der Waals surface area (Å²) < 4.78 is 10.3. The number of carbonyl (C=O) groups excluding carboxylic acids is 1. The number of hydrogen-bond donors (Lipinski definition) is 0. The van der Waals surface area contributed by atoms with E-state index in [1.807, 2.05) is 0 Å². The Kier molecular flexibility index (Phi) is 6.30. The normalized spacial score (nSPS) is 17.9. The molecule has 0 N–H and O–H groups in total. The number of furan rings is 1. The molecule has 1 saturated heterocycles. The topological polar surface area (TPSA) is 101 Å². The van der Waals surface area contributed by atoms with Crippen LogP contribution in [0.5, 0.6) is 0 Å². The molecule has 0 saturated carbocycles. The highest BCUT2D eigenvalue weighted by molar-refractivity contribution is 5.78. The van der Waals surface area contributed by atoms with E-state index in [2.05, 4.69) is 23.8 Å². The average molecular weight is 338 g/mol. The highest BCUT2D eigenvalue weighted by Crippen LogP contribution is 2.16. The minimum absolute atomic E-state index is 0.205. The summed E-state index contributed by atoms with van der Waals surface area (Å²) in [5, 5.41) is 15.8. The molecule has 1 amide bonds. The van der Waals surface area contributed by atoms with Gasteiger partial charge in [0.2, 0.25) is 0 Å². The molecular weight excluding hydrogens is 316 g/mol. The quantitative estimate of drug-likeness (QED) is 0.389. The number of nitrogens with zero attached hydrogens (tertiary/aromatic N) is 4. The average Bonchev–Trinajstić information content (AvgIpc) is 3.13. The molecule has 1 aliphatic heterocycles. The molecule has 24 heavy (non-hydrogen) atoms. The van der Waals surface area contributed by atoms with Crippen molar-refractivity contribution in [2.24, 2.45) is 5.10 Å². The summed E-state index contributed by atoms with van der Waals surface area (Å²) in [5.74, 6) is -0.162. The second-order valence-corrected chi connectivity index (χ2v) is 5.57. The fourth-order valence-electron chi connectivity index (χ4n) is 2.55. The Morgan fingerprint density at radius 3 is 2.71 bits per heavy atom.